The van der Waals surface area contributed by atoms with Gasteiger partial charge in [0.05, 0.1) is 13.2 Å². The highest BCUT2D eigenvalue weighted by Crippen LogP contribution is 2.33. The predicted octanol–water partition coefficient (Wildman–Crippen LogP) is 2.90. The maximum Gasteiger partial charge on any atom is 0.261 e. The standard InChI is InChI=1S/C20H25N3O3/c1-22(2)19-13-15(10-11-21-19)18-5-4-12-23(18)20(24)14-26-17-8-6-16(25-3)7-9-17/h6-11,13,18H,4-5,12,14H2,1-3H3/t18-/m0/s1. The highest BCUT2D eigenvalue weighted by atomic mass is 16.5. The van der Waals surface area contributed by atoms with Gasteiger partial charge in [0.1, 0.15) is 17.3 Å². The van der Waals surface area contributed by atoms with E-state index in [1.165, 1.54) is 0 Å². The van der Waals surface area contributed by atoms with Gasteiger partial charge in [0.2, 0.25) is 0 Å². The molecule has 138 valence electrons. The number of carbonyl (C=O) groups is 1. The number of pyridine rings is 1. The number of ether oxygens (including phenoxy) is 2. The van der Waals surface area contributed by atoms with Gasteiger partial charge in [0.15, 0.2) is 6.61 Å². The summed E-state index contributed by atoms with van der Waals surface area (Å²) in [6.45, 7) is 0.795. The number of aromatic nitrogens is 1. The fourth-order valence-corrected chi connectivity index (χ4v) is 3.20. The van der Waals surface area contributed by atoms with Crippen molar-refractivity contribution < 1.29 is 14.3 Å². The number of methoxy groups -OCH3 is 1. The Morgan fingerprint density at radius 2 is 1.96 bits per heavy atom. The molecule has 1 atom stereocenters. The average Bonchev–Trinajstić information content (AvgIpc) is 3.16. The maximum absolute atomic E-state index is 12.7. The molecule has 2 aromatic rings. The molecule has 0 bridgehead atoms. The number of nitrogens with zero attached hydrogens (tertiary/aromatic N) is 3. The Morgan fingerprint density at radius 1 is 1.23 bits per heavy atom. The van der Waals surface area contributed by atoms with Crippen LogP contribution in [0, 0.1) is 0 Å². The largest absolute Gasteiger partial charge is 0.497 e. The van der Waals surface area contributed by atoms with Gasteiger partial charge in [0, 0.05) is 26.8 Å². The zero-order valence-corrected chi connectivity index (χ0v) is 15.5. The first kappa shape index (κ1) is 18.0. The van der Waals surface area contributed by atoms with Gasteiger partial charge in [-0.05, 0) is 54.8 Å². The number of hydrogen-bond acceptors (Lipinski definition) is 5. The molecule has 0 N–H and O–H groups in total. The minimum atomic E-state index is 0.00605. The van der Waals surface area contributed by atoms with Crippen molar-refractivity contribution in [1.29, 1.82) is 0 Å². The first-order valence-corrected chi connectivity index (χ1v) is 8.78. The molecule has 1 aromatic heterocycles. The Kier molecular flexibility index (Phi) is 5.61. The van der Waals surface area contributed by atoms with Gasteiger partial charge in [-0.25, -0.2) is 4.98 Å². The molecule has 6 heteroatoms. The van der Waals surface area contributed by atoms with Crippen LogP contribution in [-0.4, -0.2) is 50.1 Å². The summed E-state index contributed by atoms with van der Waals surface area (Å²) in [4.78, 5) is 20.9. The second-order valence-corrected chi connectivity index (χ2v) is 6.55. The molecule has 0 aliphatic carbocycles. The van der Waals surface area contributed by atoms with Crippen LogP contribution < -0.4 is 14.4 Å². The van der Waals surface area contributed by atoms with Gasteiger partial charge >= 0.3 is 0 Å². The molecule has 26 heavy (non-hydrogen) atoms. The van der Waals surface area contributed by atoms with E-state index in [9.17, 15) is 4.79 Å². The van der Waals surface area contributed by atoms with Crippen molar-refractivity contribution in [1.82, 2.24) is 9.88 Å². The molecule has 0 radical (unpaired) electrons. The Labute approximate surface area is 154 Å². The van der Waals surface area contributed by atoms with E-state index in [1.807, 2.05) is 42.1 Å². The lowest BCUT2D eigenvalue weighted by Crippen LogP contribution is -2.34. The van der Waals surface area contributed by atoms with E-state index in [0.717, 1.165) is 36.5 Å². The van der Waals surface area contributed by atoms with Gasteiger partial charge < -0.3 is 19.3 Å². The van der Waals surface area contributed by atoms with Gasteiger partial charge in [-0.1, -0.05) is 0 Å². The lowest BCUT2D eigenvalue weighted by Gasteiger charge is -2.26. The van der Waals surface area contributed by atoms with Gasteiger partial charge in [-0.15, -0.1) is 0 Å². The van der Waals surface area contributed by atoms with Crippen LogP contribution in [0.4, 0.5) is 5.82 Å². The topological polar surface area (TPSA) is 54.9 Å². The van der Waals surface area contributed by atoms with Crippen molar-refractivity contribution in [2.45, 2.75) is 18.9 Å². The smallest absolute Gasteiger partial charge is 0.261 e. The van der Waals surface area contributed by atoms with Crippen molar-refractivity contribution in [2.75, 3.05) is 39.3 Å². The quantitative estimate of drug-likeness (QED) is 0.797. The maximum atomic E-state index is 12.7. The van der Waals surface area contributed by atoms with Crippen molar-refractivity contribution in [2.24, 2.45) is 0 Å². The third-order valence-corrected chi connectivity index (χ3v) is 4.61. The molecule has 0 unspecified atom stereocenters. The monoisotopic (exact) mass is 355 g/mol. The molecule has 0 spiro atoms. The Morgan fingerprint density at radius 3 is 2.65 bits per heavy atom. The third kappa shape index (κ3) is 4.07. The van der Waals surface area contributed by atoms with Crippen molar-refractivity contribution in [3.63, 3.8) is 0 Å². The zero-order chi connectivity index (χ0) is 18.5. The zero-order valence-electron chi connectivity index (χ0n) is 15.5. The second kappa shape index (κ2) is 8.08. The summed E-state index contributed by atoms with van der Waals surface area (Å²) in [6, 6.07) is 11.4. The van der Waals surface area contributed by atoms with Crippen molar-refractivity contribution in [3.8, 4) is 11.5 Å². The number of carbonyl (C=O) groups excluding carboxylic acids is 1. The number of anilines is 1. The van der Waals surface area contributed by atoms with E-state index in [1.54, 1.807) is 25.4 Å². The molecule has 2 heterocycles. The molecule has 0 saturated carbocycles. The molecule has 1 aliphatic rings. The van der Waals surface area contributed by atoms with Gasteiger partial charge in [-0.3, -0.25) is 4.79 Å². The second-order valence-electron chi connectivity index (χ2n) is 6.55. The molecule has 3 rings (SSSR count). The fourth-order valence-electron chi connectivity index (χ4n) is 3.20. The molecular formula is C20H25N3O3. The highest BCUT2D eigenvalue weighted by molar-refractivity contribution is 5.78. The summed E-state index contributed by atoms with van der Waals surface area (Å²) >= 11 is 0. The van der Waals surface area contributed by atoms with Crippen LogP contribution in [0.25, 0.3) is 0 Å². The lowest BCUT2D eigenvalue weighted by molar-refractivity contribution is -0.134. The lowest BCUT2D eigenvalue weighted by atomic mass is 10.1. The van der Waals surface area contributed by atoms with Crippen LogP contribution in [0.15, 0.2) is 42.6 Å². The summed E-state index contributed by atoms with van der Waals surface area (Å²) in [5.41, 5.74) is 1.12. The minimum absolute atomic E-state index is 0.00605. The highest BCUT2D eigenvalue weighted by Gasteiger charge is 2.30. The summed E-state index contributed by atoms with van der Waals surface area (Å²) in [6.07, 6.45) is 3.77. The molecule has 1 saturated heterocycles. The molecular weight excluding hydrogens is 330 g/mol. The van der Waals surface area contributed by atoms with E-state index >= 15 is 0 Å². The van der Waals surface area contributed by atoms with E-state index in [4.69, 9.17) is 9.47 Å². The number of amides is 1. The van der Waals surface area contributed by atoms with E-state index < -0.39 is 0 Å². The van der Waals surface area contributed by atoms with Gasteiger partial charge in [-0.2, -0.15) is 0 Å². The van der Waals surface area contributed by atoms with E-state index in [2.05, 4.69) is 11.1 Å². The SMILES string of the molecule is COc1ccc(OCC(=O)N2CCC[C@H]2c2ccnc(N(C)C)c2)cc1. The van der Waals surface area contributed by atoms with Crippen LogP contribution in [0.3, 0.4) is 0 Å². The van der Waals surface area contributed by atoms with Crippen LogP contribution in [0.5, 0.6) is 11.5 Å². The fraction of sp³-hybridized carbons (Fsp3) is 0.400. The van der Waals surface area contributed by atoms with Crippen LogP contribution in [0.2, 0.25) is 0 Å². The van der Waals surface area contributed by atoms with E-state index in [0.29, 0.717) is 5.75 Å². The number of likely N-dealkylation sites (tertiary alicyclic amines) is 1. The summed E-state index contributed by atoms with van der Waals surface area (Å²) in [5.74, 6) is 2.33. The molecule has 1 amide bonds. The minimum Gasteiger partial charge on any atom is -0.497 e. The first-order chi connectivity index (χ1) is 12.6. The van der Waals surface area contributed by atoms with E-state index in [-0.39, 0.29) is 18.6 Å². The molecule has 1 aliphatic heterocycles. The van der Waals surface area contributed by atoms with Crippen LogP contribution in [-0.2, 0) is 4.79 Å². The Balaban J connectivity index is 1.65. The third-order valence-electron chi connectivity index (χ3n) is 4.61. The predicted molar refractivity (Wildman–Crippen MR) is 101 cm³/mol. The van der Waals surface area contributed by atoms with Crippen molar-refractivity contribution in [3.05, 3.63) is 48.2 Å². The number of benzene rings is 1. The Bertz CT molecular complexity index is 746. The molecule has 1 fully saturated rings. The molecule has 1 aromatic carbocycles. The summed E-state index contributed by atoms with van der Waals surface area (Å²) in [5, 5.41) is 0. The summed E-state index contributed by atoms with van der Waals surface area (Å²) < 4.78 is 10.8. The number of rotatable bonds is 6. The molecule has 6 nitrogen and oxygen atoms in total. The van der Waals surface area contributed by atoms with Gasteiger partial charge in [0.25, 0.3) is 5.91 Å². The Hall–Kier alpha value is -2.76. The number of hydrogen-bond donors (Lipinski definition) is 0. The van der Waals surface area contributed by atoms with Crippen LogP contribution >= 0.6 is 0 Å². The first-order valence-electron chi connectivity index (χ1n) is 8.78. The summed E-state index contributed by atoms with van der Waals surface area (Å²) in [7, 11) is 5.55. The normalized spacial score (nSPS) is 16.4. The van der Waals surface area contributed by atoms with Crippen molar-refractivity contribution >= 4 is 11.7 Å². The van der Waals surface area contributed by atoms with Crippen LogP contribution in [0.1, 0.15) is 24.4 Å². The average molecular weight is 355 g/mol.